The molecule has 0 spiro atoms. The van der Waals surface area contributed by atoms with Crippen molar-refractivity contribution >= 4 is 22.4 Å². The van der Waals surface area contributed by atoms with Crippen LogP contribution in [0, 0.1) is 0 Å². The zero-order chi connectivity index (χ0) is 25.5. The third kappa shape index (κ3) is 5.26. The van der Waals surface area contributed by atoms with Gasteiger partial charge in [0.1, 0.15) is 5.75 Å². The summed E-state index contributed by atoms with van der Waals surface area (Å²) >= 11 is 0. The Balaban J connectivity index is 1.63. The predicted molar refractivity (Wildman–Crippen MR) is 152 cm³/mol. The lowest BCUT2D eigenvalue weighted by Gasteiger charge is -2.34. The molecule has 0 saturated heterocycles. The van der Waals surface area contributed by atoms with Crippen LogP contribution in [0.4, 0.5) is 5.69 Å². The molecule has 0 radical (unpaired) electrons. The summed E-state index contributed by atoms with van der Waals surface area (Å²) in [6, 6.07) is 42.7. The molecule has 0 unspecified atom stereocenters. The highest BCUT2D eigenvalue weighted by Gasteiger charge is 2.40. The number of nitrogens with one attached hydrogen (secondary N) is 1. The number of fused-ring (bicyclic) bond motifs is 1. The zero-order valence-corrected chi connectivity index (χ0v) is 21.1. The van der Waals surface area contributed by atoms with Gasteiger partial charge >= 0.3 is 0 Å². The zero-order valence-electron chi connectivity index (χ0n) is 21.1. The van der Waals surface area contributed by atoms with Crippen LogP contribution in [0.2, 0.25) is 0 Å². The minimum absolute atomic E-state index is 0.0271. The SMILES string of the molecule is CCOc1ccc(NC(=O)C(Cc2ccccc2)(Cc2ccccc2)c2ccccc2)c2ccccc12. The second-order valence-corrected chi connectivity index (χ2v) is 9.32. The molecule has 1 amide bonds. The van der Waals surface area contributed by atoms with E-state index < -0.39 is 5.41 Å². The third-order valence-corrected chi connectivity index (χ3v) is 6.89. The maximum Gasteiger partial charge on any atom is 0.235 e. The van der Waals surface area contributed by atoms with Gasteiger partial charge in [0.2, 0.25) is 5.91 Å². The molecule has 5 rings (SSSR count). The lowest BCUT2D eigenvalue weighted by molar-refractivity contribution is -0.121. The molecule has 0 aromatic heterocycles. The summed E-state index contributed by atoms with van der Waals surface area (Å²) in [6.07, 6.45) is 1.15. The highest BCUT2D eigenvalue weighted by atomic mass is 16.5. The van der Waals surface area contributed by atoms with E-state index in [2.05, 4.69) is 41.7 Å². The number of hydrogen-bond acceptors (Lipinski definition) is 2. The normalized spacial score (nSPS) is 11.3. The van der Waals surface area contributed by atoms with Crippen LogP contribution in [0.25, 0.3) is 10.8 Å². The van der Waals surface area contributed by atoms with Crippen molar-refractivity contribution in [2.24, 2.45) is 0 Å². The van der Waals surface area contributed by atoms with Gasteiger partial charge in [-0.05, 0) is 48.6 Å². The number of anilines is 1. The molecule has 5 aromatic rings. The minimum atomic E-state index is -0.816. The van der Waals surface area contributed by atoms with Crippen LogP contribution in [-0.4, -0.2) is 12.5 Å². The first kappa shape index (κ1) is 24.3. The Morgan fingerprint density at radius 1 is 0.649 bits per heavy atom. The summed E-state index contributed by atoms with van der Waals surface area (Å²) in [5, 5.41) is 5.29. The number of hydrogen-bond donors (Lipinski definition) is 1. The van der Waals surface area contributed by atoms with Crippen molar-refractivity contribution in [1.29, 1.82) is 0 Å². The van der Waals surface area contributed by atoms with Crippen LogP contribution >= 0.6 is 0 Å². The van der Waals surface area contributed by atoms with E-state index in [9.17, 15) is 4.79 Å². The summed E-state index contributed by atoms with van der Waals surface area (Å²) in [5.41, 5.74) is 3.20. The maximum absolute atomic E-state index is 14.6. The summed E-state index contributed by atoms with van der Waals surface area (Å²) < 4.78 is 5.86. The van der Waals surface area contributed by atoms with Crippen LogP contribution in [0.1, 0.15) is 23.6 Å². The molecule has 5 aromatic carbocycles. The molecule has 0 aliphatic rings. The Morgan fingerprint density at radius 2 is 1.16 bits per heavy atom. The second-order valence-electron chi connectivity index (χ2n) is 9.32. The number of ether oxygens (including phenoxy) is 1. The maximum atomic E-state index is 14.6. The first-order valence-corrected chi connectivity index (χ1v) is 12.8. The average Bonchev–Trinajstić information content (AvgIpc) is 2.95. The van der Waals surface area contributed by atoms with Crippen molar-refractivity contribution in [3.63, 3.8) is 0 Å². The van der Waals surface area contributed by atoms with Crippen molar-refractivity contribution < 1.29 is 9.53 Å². The quantitative estimate of drug-likeness (QED) is 0.233. The van der Waals surface area contributed by atoms with Gasteiger partial charge in [-0.15, -0.1) is 0 Å². The van der Waals surface area contributed by atoms with E-state index in [-0.39, 0.29) is 5.91 Å². The topological polar surface area (TPSA) is 38.3 Å². The molecule has 3 nitrogen and oxygen atoms in total. The Hall–Kier alpha value is -4.37. The van der Waals surface area contributed by atoms with Crippen LogP contribution in [0.3, 0.4) is 0 Å². The minimum Gasteiger partial charge on any atom is -0.493 e. The number of benzene rings is 5. The number of amides is 1. The lowest BCUT2D eigenvalue weighted by atomic mass is 9.70. The molecule has 37 heavy (non-hydrogen) atoms. The molecule has 0 atom stereocenters. The smallest absolute Gasteiger partial charge is 0.235 e. The van der Waals surface area contributed by atoms with E-state index >= 15 is 0 Å². The fraction of sp³-hybridized carbons (Fsp3) is 0.147. The van der Waals surface area contributed by atoms with Gasteiger partial charge in [0.05, 0.1) is 12.0 Å². The van der Waals surface area contributed by atoms with E-state index in [1.54, 1.807) is 0 Å². The van der Waals surface area contributed by atoms with E-state index in [4.69, 9.17) is 4.74 Å². The van der Waals surface area contributed by atoms with Gasteiger partial charge in [0.15, 0.2) is 0 Å². The van der Waals surface area contributed by atoms with Crippen LogP contribution in [0.15, 0.2) is 127 Å². The molecule has 0 bridgehead atoms. The molecular formula is C34H31NO2. The fourth-order valence-electron chi connectivity index (χ4n) is 5.11. The monoisotopic (exact) mass is 485 g/mol. The molecule has 0 aliphatic heterocycles. The second kappa shape index (κ2) is 11.1. The first-order valence-electron chi connectivity index (χ1n) is 12.8. The molecule has 1 N–H and O–H groups in total. The lowest BCUT2D eigenvalue weighted by Crippen LogP contribution is -2.44. The number of rotatable bonds is 9. The van der Waals surface area contributed by atoms with E-state index in [0.717, 1.165) is 38.9 Å². The summed E-state index contributed by atoms with van der Waals surface area (Å²) in [4.78, 5) is 14.6. The Kier molecular flexibility index (Phi) is 7.32. The van der Waals surface area contributed by atoms with E-state index in [1.807, 2.05) is 97.9 Å². The van der Waals surface area contributed by atoms with Crippen molar-refractivity contribution in [1.82, 2.24) is 0 Å². The summed E-state index contributed by atoms with van der Waals surface area (Å²) in [6.45, 7) is 2.56. The molecule has 0 fully saturated rings. The van der Waals surface area contributed by atoms with Gasteiger partial charge < -0.3 is 10.1 Å². The molecule has 0 aliphatic carbocycles. The summed E-state index contributed by atoms with van der Waals surface area (Å²) in [5.74, 6) is 0.791. The predicted octanol–water partition coefficient (Wildman–Crippen LogP) is 7.60. The van der Waals surface area contributed by atoms with Crippen LogP contribution in [-0.2, 0) is 23.1 Å². The van der Waals surface area contributed by atoms with Gasteiger partial charge in [-0.1, -0.05) is 115 Å². The van der Waals surface area contributed by atoms with Gasteiger partial charge in [0, 0.05) is 16.5 Å². The van der Waals surface area contributed by atoms with Gasteiger partial charge in [-0.25, -0.2) is 0 Å². The van der Waals surface area contributed by atoms with Crippen molar-refractivity contribution in [3.05, 3.63) is 144 Å². The average molecular weight is 486 g/mol. The molecule has 0 saturated carbocycles. The Labute approximate surface area is 218 Å². The molecule has 0 heterocycles. The Morgan fingerprint density at radius 3 is 1.73 bits per heavy atom. The first-order chi connectivity index (χ1) is 18.2. The standard InChI is InChI=1S/C34H31NO2/c1-2-37-32-23-22-31(29-20-12-13-21-30(29)32)35-33(36)34(28-18-10-5-11-19-28,24-26-14-6-3-7-15-26)25-27-16-8-4-9-17-27/h3-23H,2,24-25H2,1H3,(H,35,36). The van der Waals surface area contributed by atoms with Crippen LogP contribution in [0.5, 0.6) is 5.75 Å². The van der Waals surface area contributed by atoms with Crippen molar-refractivity contribution in [2.45, 2.75) is 25.2 Å². The molecule has 184 valence electrons. The number of carbonyl (C=O) groups excluding carboxylic acids is 1. The highest BCUT2D eigenvalue weighted by molar-refractivity contribution is 6.07. The van der Waals surface area contributed by atoms with Crippen molar-refractivity contribution in [2.75, 3.05) is 11.9 Å². The largest absolute Gasteiger partial charge is 0.493 e. The van der Waals surface area contributed by atoms with E-state index in [0.29, 0.717) is 19.4 Å². The summed E-state index contributed by atoms with van der Waals surface area (Å²) in [7, 11) is 0. The Bertz CT molecular complexity index is 1420. The molecular weight excluding hydrogens is 454 g/mol. The van der Waals surface area contributed by atoms with Gasteiger partial charge in [-0.2, -0.15) is 0 Å². The van der Waals surface area contributed by atoms with Crippen molar-refractivity contribution in [3.8, 4) is 5.75 Å². The molecule has 3 heteroatoms. The van der Waals surface area contributed by atoms with E-state index in [1.165, 1.54) is 0 Å². The fourth-order valence-corrected chi connectivity index (χ4v) is 5.11. The third-order valence-electron chi connectivity index (χ3n) is 6.89. The van der Waals surface area contributed by atoms with Gasteiger partial charge in [0.25, 0.3) is 0 Å². The van der Waals surface area contributed by atoms with Gasteiger partial charge in [-0.3, -0.25) is 4.79 Å². The highest BCUT2D eigenvalue weighted by Crippen LogP contribution is 2.37. The van der Waals surface area contributed by atoms with Crippen LogP contribution < -0.4 is 10.1 Å². The number of carbonyl (C=O) groups is 1.